The number of ether oxygens (including phenoxy) is 1. The Kier molecular flexibility index (Phi) is 7.91. The Labute approximate surface area is 104 Å². The lowest BCUT2D eigenvalue weighted by Gasteiger charge is -2.22. The molecule has 2 N–H and O–H groups in total. The molecule has 0 saturated heterocycles. The summed E-state index contributed by atoms with van der Waals surface area (Å²) in [6.07, 6.45) is 0.385. The van der Waals surface area contributed by atoms with Gasteiger partial charge in [0.15, 0.2) is 0 Å². The molecule has 0 unspecified atom stereocenters. The van der Waals surface area contributed by atoms with Crippen LogP contribution in [0.5, 0.6) is 0 Å². The summed E-state index contributed by atoms with van der Waals surface area (Å²) in [6.45, 7) is 10.9. The first-order valence-electron chi connectivity index (χ1n) is 6.19. The molecule has 0 aliphatic rings. The fourth-order valence-electron chi connectivity index (χ4n) is 1.35. The molecule has 0 atom stereocenters. The minimum atomic E-state index is -0.453. The van der Waals surface area contributed by atoms with E-state index in [4.69, 9.17) is 9.84 Å². The van der Waals surface area contributed by atoms with Crippen molar-refractivity contribution in [3.8, 4) is 0 Å². The van der Waals surface area contributed by atoms with Gasteiger partial charge in [-0.15, -0.1) is 0 Å². The summed E-state index contributed by atoms with van der Waals surface area (Å²) in [5.41, 5.74) is -0.453. The Morgan fingerprint density at radius 2 is 2.00 bits per heavy atom. The van der Waals surface area contributed by atoms with E-state index in [1.165, 1.54) is 0 Å². The van der Waals surface area contributed by atoms with Crippen LogP contribution in [-0.4, -0.2) is 54.5 Å². The van der Waals surface area contributed by atoms with E-state index in [0.717, 1.165) is 26.1 Å². The second-order valence-corrected chi connectivity index (χ2v) is 4.94. The molecule has 0 rings (SSSR count). The third kappa shape index (κ3) is 10.1. The first-order valence-corrected chi connectivity index (χ1v) is 6.19. The predicted molar refractivity (Wildman–Crippen MR) is 68.1 cm³/mol. The molecule has 0 aromatic rings. The maximum atomic E-state index is 11.4. The highest BCUT2D eigenvalue weighted by molar-refractivity contribution is 5.67. The van der Waals surface area contributed by atoms with Gasteiger partial charge in [-0.1, -0.05) is 6.92 Å². The van der Waals surface area contributed by atoms with Crippen LogP contribution in [0.15, 0.2) is 0 Å². The fourth-order valence-corrected chi connectivity index (χ4v) is 1.35. The van der Waals surface area contributed by atoms with Crippen molar-refractivity contribution in [1.82, 2.24) is 10.2 Å². The number of hydrogen-bond donors (Lipinski definition) is 2. The van der Waals surface area contributed by atoms with Crippen LogP contribution in [-0.2, 0) is 4.74 Å². The van der Waals surface area contributed by atoms with Crippen molar-refractivity contribution in [3.63, 3.8) is 0 Å². The van der Waals surface area contributed by atoms with Gasteiger partial charge in [0.1, 0.15) is 5.60 Å². The molecule has 0 aromatic carbocycles. The molecule has 102 valence electrons. The van der Waals surface area contributed by atoms with Gasteiger partial charge in [-0.05, 0) is 33.7 Å². The minimum absolute atomic E-state index is 0.204. The molecule has 0 radical (unpaired) electrons. The van der Waals surface area contributed by atoms with Gasteiger partial charge in [0.05, 0.1) is 0 Å². The van der Waals surface area contributed by atoms with E-state index in [2.05, 4.69) is 17.1 Å². The van der Waals surface area contributed by atoms with Crippen molar-refractivity contribution < 1.29 is 14.6 Å². The number of alkyl carbamates (subject to hydrolysis) is 1. The number of aliphatic hydroxyl groups is 1. The third-order valence-corrected chi connectivity index (χ3v) is 2.18. The first kappa shape index (κ1) is 16.2. The summed E-state index contributed by atoms with van der Waals surface area (Å²) >= 11 is 0. The van der Waals surface area contributed by atoms with Gasteiger partial charge in [0.25, 0.3) is 0 Å². The molecule has 0 aliphatic carbocycles. The standard InChI is InChI=1S/C12H26N2O3/c1-5-14(8-6-10-15)9-7-13-11(16)17-12(2,3)4/h15H,5-10H2,1-4H3,(H,13,16). The lowest BCUT2D eigenvalue weighted by Crippen LogP contribution is -2.38. The van der Waals surface area contributed by atoms with Crippen LogP contribution in [0.25, 0.3) is 0 Å². The highest BCUT2D eigenvalue weighted by atomic mass is 16.6. The number of likely N-dealkylation sites (N-methyl/N-ethyl adjacent to an activating group) is 1. The SMILES string of the molecule is CCN(CCCO)CCNC(=O)OC(C)(C)C. The number of rotatable bonds is 7. The Morgan fingerprint density at radius 1 is 1.35 bits per heavy atom. The molecule has 0 saturated carbocycles. The smallest absolute Gasteiger partial charge is 0.407 e. The van der Waals surface area contributed by atoms with Crippen molar-refractivity contribution in [3.05, 3.63) is 0 Å². The van der Waals surface area contributed by atoms with E-state index in [9.17, 15) is 4.79 Å². The Hall–Kier alpha value is -0.810. The lowest BCUT2D eigenvalue weighted by molar-refractivity contribution is 0.0522. The summed E-state index contributed by atoms with van der Waals surface area (Å²) in [5, 5.41) is 11.5. The third-order valence-electron chi connectivity index (χ3n) is 2.18. The summed E-state index contributed by atoms with van der Waals surface area (Å²) < 4.78 is 5.13. The number of hydrogen-bond acceptors (Lipinski definition) is 4. The van der Waals surface area contributed by atoms with Crippen LogP contribution in [0.4, 0.5) is 4.79 Å². The molecule has 1 amide bonds. The van der Waals surface area contributed by atoms with Gasteiger partial charge in [-0.3, -0.25) is 0 Å². The van der Waals surface area contributed by atoms with Crippen molar-refractivity contribution >= 4 is 6.09 Å². The van der Waals surface area contributed by atoms with E-state index in [1.807, 2.05) is 20.8 Å². The predicted octanol–water partition coefficient (Wildman–Crippen LogP) is 1.22. The number of carbonyl (C=O) groups excluding carboxylic acids is 1. The zero-order chi connectivity index (χ0) is 13.3. The zero-order valence-electron chi connectivity index (χ0n) is 11.5. The highest BCUT2D eigenvalue weighted by Gasteiger charge is 2.15. The van der Waals surface area contributed by atoms with Crippen LogP contribution >= 0.6 is 0 Å². The Morgan fingerprint density at radius 3 is 2.47 bits per heavy atom. The number of carbonyl (C=O) groups is 1. The summed E-state index contributed by atoms with van der Waals surface area (Å²) in [5.74, 6) is 0. The Balaban J connectivity index is 3.70. The van der Waals surface area contributed by atoms with Gasteiger partial charge < -0.3 is 20.1 Å². The van der Waals surface area contributed by atoms with Gasteiger partial charge in [-0.2, -0.15) is 0 Å². The van der Waals surface area contributed by atoms with Crippen molar-refractivity contribution in [2.45, 2.75) is 39.7 Å². The average molecular weight is 246 g/mol. The van der Waals surface area contributed by atoms with E-state index in [0.29, 0.717) is 6.54 Å². The van der Waals surface area contributed by atoms with E-state index in [-0.39, 0.29) is 12.7 Å². The first-order chi connectivity index (χ1) is 7.89. The highest BCUT2D eigenvalue weighted by Crippen LogP contribution is 2.06. The summed E-state index contributed by atoms with van der Waals surface area (Å²) in [4.78, 5) is 13.5. The molecule has 0 bridgehead atoms. The molecule has 0 spiro atoms. The van der Waals surface area contributed by atoms with Crippen LogP contribution in [0.3, 0.4) is 0 Å². The van der Waals surface area contributed by atoms with Crippen LogP contribution < -0.4 is 5.32 Å². The fraction of sp³-hybridized carbons (Fsp3) is 0.917. The summed E-state index contributed by atoms with van der Waals surface area (Å²) in [6, 6.07) is 0. The molecule has 0 aromatic heterocycles. The Bertz CT molecular complexity index is 214. The van der Waals surface area contributed by atoms with Crippen molar-refractivity contribution in [2.75, 3.05) is 32.8 Å². The maximum absolute atomic E-state index is 11.4. The maximum Gasteiger partial charge on any atom is 0.407 e. The molecule has 17 heavy (non-hydrogen) atoms. The van der Waals surface area contributed by atoms with E-state index >= 15 is 0 Å². The molecule has 0 heterocycles. The lowest BCUT2D eigenvalue weighted by atomic mass is 10.2. The quantitative estimate of drug-likeness (QED) is 0.709. The van der Waals surface area contributed by atoms with Crippen molar-refractivity contribution in [2.24, 2.45) is 0 Å². The van der Waals surface area contributed by atoms with Crippen LogP contribution in [0.2, 0.25) is 0 Å². The molecule has 5 heteroatoms. The second kappa shape index (κ2) is 8.31. The van der Waals surface area contributed by atoms with Gasteiger partial charge in [-0.25, -0.2) is 4.79 Å². The number of amides is 1. The van der Waals surface area contributed by atoms with Gasteiger partial charge in [0.2, 0.25) is 0 Å². The normalized spacial score (nSPS) is 11.6. The van der Waals surface area contributed by atoms with Gasteiger partial charge >= 0.3 is 6.09 Å². The molecule has 5 nitrogen and oxygen atoms in total. The average Bonchev–Trinajstić information content (AvgIpc) is 2.20. The number of nitrogens with one attached hydrogen (secondary N) is 1. The number of nitrogens with zero attached hydrogens (tertiary/aromatic N) is 1. The number of aliphatic hydroxyl groups excluding tert-OH is 1. The molecular weight excluding hydrogens is 220 g/mol. The zero-order valence-corrected chi connectivity index (χ0v) is 11.5. The van der Waals surface area contributed by atoms with Crippen LogP contribution in [0.1, 0.15) is 34.1 Å². The molecule has 0 aliphatic heterocycles. The second-order valence-electron chi connectivity index (χ2n) is 4.94. The largest absolute Gasteiger partial charge is 0.444 e. The summed E-state index contributed by atoms with van der Waals surface area (Å²) in [7, 11) is 0. The molecule has 0 fully saturated rings. The van der Waals surface area contributed by atoms with E-state index < -0.39 is 5.60 Å². The van der Waals surface area contributed by atoms with E-state index in [1.54, 1.807) is 0 Å². The molecular formula is C12H26N2O3. The monoisotopic (exact) mass is 246 g/mol. The van der Waals surface area contributed by atoms with Crippen LogP contribution in [0, 0.1) is 0 Å². The van der Waals surface area contributed by atoms with Crippen molar-refractivity contribution in [1.29, 1.82) is 0 Å². The topological polar surface area (TPSA) is 61.8 Å². The minimum Gasteiger partial charge on any atom is -0.444 e. The van der Waals surface area contributed by atoms with Gasteiger partial charge in [0, 0.05) is 26.2 Å².